The second-order valence-electron chi connectivity index (χ2n) is 5.99. The minimum absolute atomic E-state index is 0.0810. The van der Waals surface area contributed by atoms with Crippen LogP contribution in [0, 0.1) is 17.7 Å². The topological polar surface area (TPSA) is 21.3 Å². The summed E-state index contributed by atoms with van der Waals surface area (Å²) in [6, 6.07) is 7.13. The quantitative estimate of drug-likeness (QED) is 0.622. The zero-order valence-electron chi connectivity index (χ0n) is 13.7. The van der Waals surface area contributed by atoms with Gasteiger partial charge in [0.25, 0.3) is 0 Å². The molecule has 0 aliphatic heterocycles. The van der Waals surface area contributed by atoms with Crippen molar-refractivity contribution in [2.75, 3.05) is 26.8 Å². The number of nitrogens with one attached hydrogen (secondary N) is 1. The molecule has 1 aromatic carbocycles. The van der Waals surface area contributed by atoms with E-state index in [2.05, 4.69) is 19.2 Å². The van der Waals surface area contributed by atoms with Crippen LogP contribution in [0.1, 0.15) is 38.7 Å². The number of rotatable bonds is 11. The molecule has 0 amide bonds. The largest absolute Gasteiger partial charge is 0.383 e. The lowest BCUT2D eigenvalue weighted by Crippen LogP contribution is -2.28. The summed E-state index contributed by atoms with van der Waals surface area (Å²) in [5.74, 6) is 1.08. The molecule has 0 radical (unpaired) electrons. The Kier molecular flexibility index (Phi) is 9.27. The molecule has 2 unspecified atom stereocenters. The van der Waals surface area contributed by atoms with Crippen LogP contribution in [0.25, 0.3) is 0 Å². The number of benzene rings is 1. The van der Waals surface area contributed by atoms with Gasteiger partial charge in [-0.05, 0) is 42.9 Å². The Hall–Kier alpha value is -0.930. The Bertz CT molecular complexity index is 383. The van der Waals surface area contributed by atoms with E-state index in [-0.39, 0.29) is 5.82 Å². The number of hydrogen-bond acceptors (Lipinski definition) is 2. The first kappa shape index (κ1) is 18.1. The zero-order valence-corrected chi connectivity index (χ0v) is 13.7. The molecular formula is C18H30FNO. The van der Waals surface area contributed by atoms with Crippen LogP contribution < -0.4 is 5.32 Å². The molecule has 0 aliphatic rings. The Morgan fingerprint density at radius 1 is 1.29 bits per heavy atom. The molecule has 0 spiro atoms. The molecule has 0 fully saturated rings. The molecular weight excluding hydrogens is 265 g/mol. The lowest BCUT2D eigenvalue weighted by atomic mass is 9.88. The molecule has 0 heterocycles. The molecule has 0 aromatic heterocycles. The molecule has 0 saturated heterocycles. The third-order valence-electron chi connectivity index (χ3n) is 3.90. The van der Waals surface area contributed by atoms with Gasteiger partial charge in [-0.2, -0.15) is 0 Å². The van der Waals surface area contributed by atoms with Crippen LogP contribution in [-0.4, -0.2) is 26.8 Å². The summed E-state index contributed by atoms with van der Waals surface area (Å²) < 4.78 is 18.9. The van der Waals surface area contributed by atoms with Gasteiger partial charge in [0.1, 0.15) is 5.82 Å². The third kappa shape index (κ3) is 7.58. The summed E-state index contributed by atoms with van der Waals surface area (Å²) in [7, 11) is 1.71. The van der Waals surface area contributed by atoms with E-state index in [4.69, 9.17) is 4.74 Å². The van der Waals surface area contributed by atoms with E-state index < -0.39 is 0 Å². The van der Waals surface area contributed by atoms with Crippen molar-refractivity contribution in [1.82, 2.24) is 5.32 Å². The van der Waals surface area contributed by atoms with E-state index >= 15 is 0 Å². The highest BCUT2D eigenvalue weighted by atomic mass is 19.1. The molecule has 0 bridgehead atoms. The number of halogens is 1. The lowest BCUT2D eigenvalue weighted by Gasteiger charge is -2.22. The summed E-state index contributed by atoms with van der Waals surface area (Å²) in [6.07, 6.45) is 4.40. The molecule has 0 aliphatic carbocycles. The van der Waals surface area contributed by atoms with Gasteiger partial charge in [-0.15, -0.1) is 0 Å². The van der Waals surface area contributed by atoms with Gasteiger partial charge in [-0.25, -0.2) is 4.39 Å². The summed E-state index contributed by atoms with van der Waals surface area (Å²) in [4.78, 5) is 0. The van der Waals surface area contributed by atoms with Crippen LogP contribution in [0.4, 0.5) is 4.39 Å². The van der Waals surface area contributed by atoms with Gasteiger partial charge in [0.15, 0.2) is 0 Å². The average Bonchev–Trinajstić information content (AvgIpc) is 2.46. The zero-order chi connectivity index (χ0) is 15.5. The Morgan fingerprint density at radius 2 is 2.05 bits per heavy atom. The second kappa shape index (κ2) is 10.7. The highest BCUT2D eigenvalue weighted by Gasteiger charge is 2.15. The molecule has 1 rings (SSSR count). The van der Waals surface area contributed by atoms with E-state index in [9.17, 15) is 4.39 Å². The first-order chi connectivity index (χ1) is 10.2. The molecule has 21 heavy (non-hydrogen) atoms. The maximum atomic E-state index is 13.8. The molecule has 3 heteroatoms. The van der Waals surface area contributed by atoms with Gasteiger partial charge in [0.2, 0.25) is 0 Å². The number of methoxy groups -OCH3 is 1. The predicted octanol–water partition coefficient (Wildman–Crippen LogP) is 4.05. The van der Waals surface area contributed by atoms with Gasteiger partial charge in [0.05, 0.1) is 6.61 Å². The van der Waals surface area contributed by atoms with Gasteiger partial charge >= 0.3 is 0 Å². The van der Waals surface area contributed by atoms with Gasteiger partial charge in [-0.1, -0.05) is 44.9 Å². The van der Waals surface area contributed by atoms with Crippen molar-refractivity contribution >= 4 is 0 Å². The fourth-order valence-electron chi connectivity index (χ4n) is 2.87. The fourth-order valence-corrected chi connectivity index (χ4v) is 2.87. The van der Waals surface area contributed by atoms with Crippen LogP contribution in [0.2, 0.25) is 0 Å². The number of ether oxygens (including phenoxy) is 1. The smallest absolute Gasteiger partial charge is 0.126 e. The van der Waals surface area contributed by atoms with Crippen molar-refractivity contribution in [2.24, 2.45) is 11.8 Å². The van der Waals surface area contributed by atoms with Crippen molar-refractivity contribution in [3.05, 3.63) is 35.6 Å². The van der Waals surface area contributed by atoms with Crippen LogP contribution in [0.3, 0.4) is 0 Å². The standard InChI is InChI=1S/C18H30FNO/c1-4-7-15(2)12-16(14-20-10-11-21-3)13-17-8-5-6-9-18(17)19/h5-6,8-9,15-16,20H,4,7,10-14H2,1-3H3. The summed E-state index contributed by atoms with van der Waals surface area (Å²) in [5, 5.41) is 3.43. The van der Waals surface area contributed by atoms with Crippen LogP contribution in [0.15, 0.2) is 24.3 Å². The van der Waals surface area contributed by atoms with E-state index in [1.165, 1.54) is 12.8 Å². The SMILES string of the molecule is CCCC(C)CC(CNCCOC)Cc1ccccc1F. The molecule has 0 saturated carbocycles. The van der Waals surface area contributed by atoms with E-state index in [0.29, 0.717) is 11.8 Å². The maximum Gasteiger partial charge on any atom is 0.126 e. The first-order valence-corrected chi connectivity index (χ1v) is 8.10. The molecule has 2 nitrogen and oxygen atoms in total. The highest BCUT2D eigenvalue weighted by molar-refractivity contribution is 5.17. The second-order valence-corrected chi connectivity index (χ2v) is 5.99. The Labute approximate surface area is 129 Å². The van der Waals surface area contributed by atoms with Crippen molar-refractivity contribution in [3.8, 4) is 0 Å². The van der Waals surface area contributed by atoms with Crippen molar-refractivity contribution < 1.29 is 9.13 Å². The van der Waals surface area contributed by atoms with Crippen molar-refractivity contribution in [2.45, 2.75) is 39.5 Å². The number of hydrogen-bond donors (Lipinski definition) is 1. The molecule has 2 atom stereocenters. The van der Waals surface area contributed by atoms with Gasteiger partial charge in [0, 0.05) is 13.7 Å². The normalized spacial score (nSPS) is 14.1. The van der Waals surface area contributed by atoms with Crippen molar-refractivity contribution in [1.29, 1.82) is 0 Å². The molecule has 1 N–H and O–H groups in total. The minimum atomic E-state index is -0.0810. The average molecular weight is 295 g/mol. The summed E-state index contributed by atoms with van der Waals surface area (Å²) in [6.45, 7) is 7.02. The Morgan fingerprint density at radius 3 is 2.71 bits per heavy atom. The van der Waals surface area contributed by atoms with Crippen LogP contribution in [-0.2, 0) is 11.2 Å². The van der Waals surface area contributed by atoms with Crippen LogP contribution >= 0.6 is 0 Å². The monoisotopic (exact) mass is 295 g/mol. The predicted molar refractivity (Wildman–Crippen MR) is 87.0 cm³/mol. The van der Waals surface area contributed by atoms with Gasteiger partial charge in [-0.3, -0.25) is 0 Å². The van der Waals surface area contributed by atoms with Gasteiger partial charge < -0.3 is 10.1 Å². The van der Waals surface area contributed by atoms with E-state index in [0.717, 1.165) is 38.1 Å². The van der Waals surface area contributed by atoms with Crippen molar-refractivity contribution in [3.63, 3.8) is 0 Å². The molecule has 120 valence electrons. The van der Waals surface area contributed by atoms with E-state index in [1.807, 2.05) is 12.1 Å². The Balaban J connectivity index is 2.55. The summed E-state index contributed by atoms with van der Waals surface area (Å²) >= 11 is 0. The minimum Gasteiger partial charge on any atom is -0.383 e. The molecule has 1 aromatic rings. The first-order valence-electron chi connectivity index (χ1n) is 8.10. The summed E-state index contributed by atoms with van der Waals surface area (Å²) in [5.41, 5.74) is 0.833. The lowest BCUT2D eigenvalue weighted by molar-refractivity contribution is 0.196. The maximum absolute atomic E-state index is 13.8. The van der Waals surface area contributed by atoms with Crippen LogP contribution in [0.5, 0.6) is 0 Å². The fraction of sp³-hybridized carbons (Fsp3) is 0.667. The third-order valence-corrected chi connectivity index (χ3v) is 3.90. The van der Waals surface area contributed by atoms with E-state index in [1.54, 1.807) is 19.2 Å². The highest BCUT2D eigenvalue weighted by Crippen LogP contribution is 2.21.